The Bertz CT molecular complexity index is 552. The molecule has 2 aliphatic rings. The Labute approximate surface area is 110 Å². The summed E-state index contributed by atoms with van der Waals surface area (Å²) >= 11 is 0. The highest BCUT2D eigenvalue weighted by Gasteiger charge is 2.47. The van der Waals surface area contributed by atoms with E-state index in [1.165, 1.54) is 0 Å². The van der Waals surface area contributed by atoms with Crippen LogP contribution < -0.4 is 0 Å². The molecule has 0 radical (unpaired) electrons. The first-order valence-corrected chi connectivity index (χ1v) is 6.17. The number of ketones is 2. The fourth-order valence-electron chi connectivity index (χ4n) is 2.77. The molecule has 19 heavy (non-hydrogen) atoms. The first-order valence-electron chi connectivity index (χ1n) is 6.17. The van der Waals surface area contributed by atoms with E-state index in [0.29, 0.717) is 22.3 Å². The highest BCUT2D eigenvalue weighted by Crippen LogP contribution is 2.46. The van der Waals surface area contributed by atoms with Crippen molar-refractivity contribution in [2.45, 2.75) is 33.1 Å². The standard InChI is InChI=1S/C14H16O5/c1-7-8(3-4-15)12(17)10-6-14(2,13(18)19)5-9(10)11(7)16/h15H,3-6H2,1-2H3,(H,18,19). The normalized spacial score (nSPS) is 27.1. The number of aliphatic carboxylic acids is 1. The van der Waals surface area contributed by atoms with E-state index in [0.717, 1.165) is 0 Å². The number of carbonyl (C=O) groups excluding carboxylic acids is 2. The van der Waals surface area contributed by atoms with Crippen molar-refractivity contribution in [1.29, 1.82) is 0 Å². The number of aliphatic hydroxyl groups excluding tert-OH is 1. The van der Waals surface area contributed by atoms with Crippen molar-refractivity contribution in [1.82, 2.24) is 0 Å². The molecule has 2 N–H and O–H groups in total. The van der Waals surface area contributed by atoms with Crippen LogP contribution in [0.25, 0.3) is 0 Å². The predicted molar refractivity (Wildman–Crippen MR) is 66.4 cm³/mol. The van der Waals surface area contributed by atoms with E-state index in [2.05, 4.69) is 0 Å². The van der Waals surface area contributed by atoms with Crippen molar-refractivity contribution in [2.24, 2.45) is 5.41 Å². The fourth-order valence-corrected chi connectivity index (χ4v) is 2.77. The van der Waals surface area contributed by atoms with Crippen LogP contribution in [0, 0.1) is 5.41 Å². The number of carbonyl (C=O) groups is 3. The van der Waals surface area contributed by atoms with Crippen LogP contribution in [0.1, 0.15) is 33.1 Å². The van der Waals surface area contributed by atoms with Gasteiger partial charge in [-0.15, -0.1) is 0 Å². The number of carboxylic acids is 1. The summed E-state index contributed by atoms with van der Waals surface area (Å²) in [5, 5.41) is 18.2. The number of hydrogen-bond acceptors (Lipinski definition) is 4. The van der Waals surface area contributed by atoms with E-state index in [1.54, 1.807) is 13.8 Å². The van der Waals surface area contributed by atoms with E-state index in [1.807, 2.05) is 0 Å². The molecule has 2 rings (SSSR count). The van der Waals surface area contributed by atoms with Crippen LogP contribution in [-0.4, -0.2) is 34.4 Å². The highest BCUT2D eigenvalue weighted by molar-refractivity contribution is 6.26. The molecule has 1 unspecified atom stereocenters. The van der Waals surface area contributed by atoms with Gasteiger partial charge in [0.1, 0.15) is 0 Å². The monoisotopic (exact) mass is 264 g/mol. The zero-order valence-corrected chi connectivity index (χ0v) is 10.9. The van der Waals surface area contributed by atoms with Crippen LogP contribution in [-0.2, 0) is 14.4 Å². The third-order valence-electron chi connectivity index (χ3n) is 3.99. The molecule has 0 aromatic carbocycles. The molecule has 1 atom stereocenters. The number of aliphatic hydroxyl groups is 1. The lowest BCUT2D eigenvalue weighted by atomic mass is 9.85. The lowest BCUT2D eigenvalue weighted by Crippen LogP contribution is -2.25. The van der Waals surface area contributed by atoms with Gasteiger partial charge in [-0.1, -0.05) is 0 Å². The molecule has 5 nitrogen and oxygen atoms in total. The van der Waals surface area contributed by atoms with Gasteiger partial charge in [-0.3, -0.25) is 14.4 Å². The molecule has 0 aromatic heterocycles. The summed E-state index contributed by atoms with van der Waals surface area (Å²) in [6.45, 7) is 2.91. The lowest BCUT2D eigenvalue weighted by molar-refractivity contribution is -0.147. The van der Waals surface area contributed by atoms with Crippen molar-refractivity contribution >= 4 is 17.5 Å². The maximum Gasteiger partial charge on any atom is 0.310 e. The van der Waals surface area contributed by atoms with Gasteiger partial charge < -0.3 is 10.2 Å². The van der Waals surface area contributed by atoms with Gasteiger partial charge >= 0.3 is 5.97 Å². The molecule has 0 saturated carbocycles. The van der Waals surface area contributed by atoms with Crippen LogP contribution in [0.5, 0.6) is 0 Å². The Morgan fingerprint density at radius 1 is 1.21 bits per heavy atom. The smallest absolute Gasteiger partial charge is 0.310 e. The second-order valence-corrected chi connectivity index (χ2v) is 5.41. The molecule has 0 spiro atoms. The number of hydrogen-bond donors (Lipinski definition) is 2. The van der Waals surface area contributed by atoms with Gasteiger partial charge in [-0.05, 0) is 33.1 Å². The topological polar surface area (TPSA) is 91.7 Å². The first kappa shape index (κ1) is 13.7. The summed E-state index contributed by atoms with van der Waals surface area (Å²) in [5.74, 6) is -1.52. The Hall–Kier alpha value is -1.75. The summed E-state index contributed by atoms with van der Waals surface area (Å²) in [6, 6.07) is 0. The fraction of sp³-hybridized carbons (Fsp3) is 0.500. The van der Waals surface area contributed by atoms with Crippen LogP contribution in [0.3, 0.4) is 0 Å². The third-order valence-corrected chi connectivity index (χ3v) is 3.99. The second-order valence-electron chi connectivity index (χ2n) is 5.41. The van der Waals surface area contributed by atoms with Crippen molar-refractivity contribution in [3.8, 4) is 0 Å². The zero-order valence-electron chi connectivity index (χ0n) is 10.9. The lowest BCUT2D eigenvalue weighted by Gasteiger charge is -2.17. The van der Waals surface area contributed by atoms with E-state index >= 15 is 0 Å². The van der Waals surface area contributed by atoms with Gasteiger partial charge in [-0.25, -0.2) is 0 Å². The Morgan fingerprint density at radius 2 is 1.74 bits per heavy atom. The summed E-state index contributed by atoms with van der Waals surface area (Å²) in [4.78, 5) is 35.8. The van der Waals surface area contributed by atoms with E-state index in [4.69, 9.17) is 5.11 Å². The summed E-state index contributed by atoms with van der Waals surface area (Å²) in [5.41, 5.74) is 0.247. The number of allylic oxidation sites excluding steroid dienone is 3. The molecule has 5 heteroatoms. The largest absolute Gasteiger partial charge is 0.481 e. The minimum Gasteiger partial charge on any atom is -0.481 e. The quantitative estimate of drug-likeness (QED) is 0.742. The maximum atomic E-state index is 12.3. The van der Waals surface area contributed by atoms with Crippen molar-refractivity contribution in [2.75, 3.05) is 6.61 Å². The van der Waals surface area contributed by atoms with Crippen molar-refractivity contribution in [3.05, 3.63) is 22.3 Å². The molecular weight excluding hydrogens is 248 g/mol. The number of rotatable bonds is 3. The molecule has 0 saturated heterocycles. The minimum absolute atomic E-state index is 0.0877. The van der Waals surface area contributed by atoms with Crippen molar-refractivity contribution < 1.29 is 24.6 Å². The summed E-state index contributed by atoms with van der Waals surface area (Å²) in [7, 11) is 0. The van der Waals surface area contributed by atoms with E-state index < -0.39 is 11.4 Å². The van der Waals surface area contributed by atoms with Crippen LogP contribution >= 0.6 is 0 Å². The SMILES string of the molecule is CC1=C(CCO)C(=O)C2=C(CC(C)(C(=O)O)C2)C1=O. The van der Waals surface area contributed by atoms with Crippen LogP contribution in [0.2, 0.25) is 0 Å². The van der Waals surface area contributed by atoms with Gasteiger partial charge in [0, 0.05) is 28.9 Å². The first-order chi connectivity index (χ1) is 8.81. The van der Waals surface area contributed by atoms with Gasteiger partial charge in [0.25, 0.3) is 0 Å². The van der Waals surface area contributed by atoms with Crippen LogP contribution in [0.15, 0.2) is 22.3 Å². The van der Waals surface area contributed by atoms with Gasteiger partial charge in [0.15, 0.2) is 11.6 Å². The molecule has 0 aromatic rings. The number of carboxylic acid groups (broad SMARTS) is 1. The van der Waals surface area contributed by atoms with E-state index in [-0.39, 0.29) is 37.4 Å². The Morgan fingerprint density at radius 3 is 2.21 bits per heavy atom. The van der Waals surface area contributed by atoms with Crippen LogP contribution in [0.4, 0.5) is 0 Å². The summed E-state index contributed by atoms with van der Waals surface area (Å²) < 4.78 is 0. The minimum atomic E-state index is -1.08. The molecular formula is C14H16O5. The second kappa shape index (κ2) is 4.42. The van der Waals surface area contributed by atoms with Crippen molar-refractivity contribution in [3.63, 3.8) is 0 Å². The molecule has 2 aliphatic carbocycles. The zero-order chi connectivity index (χ0) is 14.4. The maximum absolute atomic E-state index is 12.3. The third kappa shape index (κ3) is 1.94. The molecule has 102 valence electrons. The Kier molecular flexibility index (Phi) is 3.18. The predicted octanol–water partition coefficient (Wildman–Crippen LogP) is 1.02. The molecule has 0 fully saturated rings. The van der Waals surface area contributed by atoms with E-state index in [9.17, 15) is 19.5 Å². The summed E-state index contributed by atoms with van der Waals surface area (Å²) in [6.07, 6.45) is 0.327. The average Bonchev–Trinajstić information content (AvgIpc) is 2.72. The molecule has 0 heterocycles. The van der Waals surface area contributed by atoms with Gasteiger partial charge in [-0.2, -0.15) is 0 Å². The Balaban J connectivity index is 2.41. The highest BCUT2D eigenvalue weighted by atomic mass is 16.4. The number of Topliss-reactive ketones (excluding diaryl/α,β-unsaturated/α-hetero) is 2. The van der Waals surface area contributed by atoms with Gasteiger partial charge in [0.2, 0.25) is 0 Å². The molecule has 0 amide bonds. The average molecular weight is 264 g/mol. The molecule has 0 aliphatic heterocycles. The van der Waals surface area contributed by atoms with Gasteiger partial charge in [0.05, 0.1) is 5.41 Å². The molecule has 0 bridgehead atoms.